The van der Waals surface area contributed by atoms with Crippen molar-refractivity contribution in [2.45, 2.75) is 82.4 Å². The second-order valence-corrected chi connectivity index (χ2v) is 11.0. The summed E-state index contributed by atoms with van der Waals surface area (Å²) >= 11 is 0. The van der Waals surface area contributed by atoms with Crippen LogP contribution in [0.25, 0.3) is 0 Å². The minimum atomic E-state index is -2.24. The summed E-state index contributed by atoms with van der Waals surface area (Å²) in [6, 6.07) is 0. The number of carbonyl (C=O) groups is 2. The second kappa shape index (κ2) is 6.34. The van der Waals surface area contributed by atoms with Gasteiger partial charge in [-0.15, -0.1) is 0 Å². The molecule has 0 spiro atoms. The largest absolute Gasteiger partial charge is 0.390 e. The number of aliphatic hydroxyl groups excluding tert-OH is 2. The average Bonchev–Trinajstić information content (AvgIpc) is 3.11. The van der Waals surface area contributed by atoms with Gasteiger partial charge in [0.25, 0.3) is 0 Å². The van der Waals surface area contributed by atoms with Crippen molar-refractivity contribution in [3.63, 3.8) is 0 Å². The van der Waals surface area contributed by atoms with Gasteiger partial charge < -0.3 is 19.7 Å². The summed E-state index contributed by atoms with van der Waals surface area (Å²) in [4.78, 5) is 25.1. The van der Waals surface area contributed by atoms with Crippen molar-refractivity contribution in [3.05, 3.63) is 23.8 Å². The predicted molar refractivity (Wildman–Crippen MR) is 109 cm³/mol. The Balaban J connectivity index is 1.66. The third-order valence-corrected chi connectivity index (χ3v) is 9.18. The van der Waals surface area contributed by atoms with E-state index in [0.717, 1.165) is 6.08 Å². The first kappa shape index (κ1) is 22.3. The maximum absolute atomic E-state index is 17.1. The lowest BCUT2D eigenvalue weighted by molar-refractivity contribution is -0.248. The van der Waals surface area contributed by atoms with E-state index in [2.05, 4.69) is 0 Å². The van der Waals surface area contributed by atoms with Crippen LogP contribution in [0.3, 0.4) is 0 Å². The molecular formula is C24H30F2O6. The normalized spacial score (nSPS) is 53.2. The Bertz CT molecular complexity index is 960. The zero-order chi connectivity index (χ0) is 23.5. The number of Topliss-reactive ketones (excluding diaryl/α,β-unsaturated/α-hetero) is 1. The highest BCUT2D eigenvalue weighted by Gasteiger charge is 2.80. The first-order valence-corrected chi connectivity index (χ1v) is 11.3. The number of hydrogen-bond acceptors (Lipinski definition) is 6. The zero-order valence-electron chi connectivity index (χ0n) is 18.7. The molecule has 0 bridgehead atoms. The van der Waals surface area contributed by atoms with Gasteiger partial charge >= 0.3 is 0 Å². The van der Waals surface area contributed by atoms with Crippen molar-refractivity contribution in [3.8, 4) is 0 Å². The number of allylic oxidation sites excluding steroid dienone is 4. The average molecular weight is 452 g/mol. The molecule has 0 unspecified atom stereocenters. The minimum Gasteiger partial charge on any atom is -0.390 e. The van der Waals surface area contributed by atoms with Crippen LogP contribution in [-0.4, -0.2) is 63.8 Å². The van der Waals surface area contributed by atoms with E-state index in [4.69, 9.17) is 9.47 Å². The van der Waals surface area contributed by atoms with Crippen LogP contribution >= 0.6 is 0 Å². The van der Waals surface area contributed by atoms with Crippen molar-refractivity contribution in [1.82, 2.24) is 0 Å². The lowest BCUT2D eigenvalue weighted by Gasteiger charge is -2.63. The molecule has 0 aromatic carbocycles. The fraction of sp³-hybridized carbons (Fsp3) is 0.750. The van der Waals surface area contributed by atoms with Gasteiger partial charge in [-0.25, -0.2) is 8.78 Å². The van der Waals surface area contributed by atoms with Gasteiger partial charge in [0.1, 0.15) is 12.8 Å². The fourth-order valence-electron chi connectivity index (χ4n) is 7.92. The number of fused-ring (bicyclic) bond motifs is 7. The Labute approximate surface area is 185 Å². The Morgan fingerprint density at radius 3 is 2.56 bits per heavy atom. The third kappa shape index (κ3) is 2.32. The number of halogens is 2. The summed E-state index contributed by atoms with van der Waals surface area (Å²) in [7, 11) is 0. The van der Waals surface area contributed by atoms with Crippen LogP contribution in [0, 0.1) is 22.7 Å². The highest BCUT2D eigenvalue weighted by molar-refractivity contribution is 6.01. The smallest absolute Gasteiger partial charge is 0.193 e. The van der Waals surface area contributed by atoms with Crippen molar-refractivity contribution in [1.29, 1.82) is 0 Å². The molecule has 2 N–H and O–H groups in total. The van der Waals surface area contributed by atoms with Crippen LogP contribution in [0.5, 0.6) is 0 Å². The monoisotopic (exact) mass is 452 g/mol. The lowest BCUT2D eigenvalue weighted by atomic mass is 9.44. The highest BCUT2D eigenvalue weighted by Crippen LogP contribution is 2.72. The maximum Gasteiger partial charge on any atom is 0.193 e. The molecule has 9 atom stereocenters. The van der Waals surface area contributed by atoms with E-state index in [1.807, 2.05) is 0 Å². The lowest BCUT2D eigenvalue weighted by Crippen LogP contribution is -2.71. The van der Waals surface area contributed by atoms with Crippen molar-refractivity contribution < 1.29 is 38.1 Å². The predicted octanol–water partition coefficient (Wildman–Crippen LogP) is 2.37. The summed E-state index contributed by atoms with van der Waals surface area (Å²) in [5.74, 6) is -3.53. The number of alkyl halides is 2. The van der Waals surface area contributed by atoms with E-state index in [9.17, 15) is 19.8 Å². The number of ketones is 2. The molecule has 0 aromatic heterocycles. The van der Waals surface area contributed by atoms with Crippen LogP contribution in [0.15, 0.2) is 23.8 Å². The first-order chi connectivity index (χ1) is 14.8. The molecule has 0 radical (unpaired) electrons. The molecule has 176 valence electrons. The van der Waals surface area contributed by atoms with Gasteiger partial charge in [0.15, 0.2) is 28.6 Å². The number of aliphatic hydroxyl groups is 2. The Morgan fingerprint density at radius 1 is 1.22 bits per heavy atom. The summed E-state index contributed by atoms with van der Waals surface area (Å²) in [6.07, 6.45) is -0.151. The topological polar surface area (TPSA) is 93.1 Å². The van der Waals surface area contributed by atoms with E-state index in [-0.39, 0.29) is 24.8 Å². The van der Waals surface area contributed by atoms with E-state index in [1.54, 1.807) is 20.8 Å². The molecule has 8 heteroatoms. The molecular weight excluding hydrogens is 422 g/mol. The molecule has 0 aromatic rings. The molecule has 1 saturated heterocycles. The number of carbonyl (C=O) groups excluding carboxylic acids is 2. The standard InChI is InChI=1S/C24H30F2O6/c1-20(2)31-19-9-13-14-8-16(25)15-7-12(28)5-6-21(15,3)23(14,26)17(29)10-22(13,4)24(19,32-20)18(30)11-27/h5-7,13-14,16-17,19,27,29H,8-11H2,1-4H3/t13-,14-,16-,17-,19+,21-,22-,23-,24-/m0/s1. The van der Waals surface area contributed by atoms with Crippen LogP contribution in [0.4, 0.5) is 8.78 Å². The Hall–Kier alpha value is -1.48. The van der Waals surface area contributed by atoms with E-state index in [0.29, 0.717) is 0 Å². The van der Waals surface area contributed by atoms with Crippen LogP contribution in [0.2, 0.25) is 0 Å². The van der Waals surface area contributed by atoms with Crippen molar-refractivity contribution >= 4 is 11.6 Å². The van der Waals surface area contributed by atoms with E-state index < -0.39 is 76.3 Å². The second-order valence-electron chi connectivity index (χ2n) is 11.0. The van der Waals surface area contributed by atoms with Gasteiger partial charge in [-0.05, 0) is 63.7 Å². The van der Waals surface area contributed by atoms with E-state index >= 15 is 8.78 Å². The molecule has 4 fully saturated rings. The van der Waals surface area contributed by atoms with Crippen LogP contribution in [0.1, 0.15) is 47.0 Å². The van der Waals surface area contributed by atoms with Gasteiger partial charge in [-0.3, -0.25) is 9.59 Å². The summed E-state index contributed by atoms with van der Waals surface area (Å²) in [5, 5.41) is 21.1. The van der Waals surface area contributed by atoms with Gasteiger partial charge in [0.05, 0.1) is 12.2 Å². The molecule has 5 rings (SSSR count). The maximum atomic E-state index is 17.1. The molecule has 3 saturated carbocycles. The molecule has 1 heterocycles. The molecule has 4 aliphatic carbocycles. The zero-order valence-corrected chi connectivity index (χ0v) is 18.7. The van der Waals surface area contributed by atoms with Gasteiger partial charge in [0.2, 0.25) is 0 Å². The van der Waals surface area contributed by atoms with Gasteiger partial charge in [0, 0.05) is 16.7 Å². The fourth-order valence-corrected chi connectivity index (χ4v) is 7.92. The third-order valence-electron chi connectivity index (χ3n) is 9.18. The number of rotatable bonds is 2. The van der Waals surface area contributed by atoms with Crippen LogP contribution in [-0.2, 0) is 19.1 Å². The molecule has 0 amide bonds. The van der Waals surface area contributed by atoms with Gasteiger partial charge in [-0.2, -0.15) is 0 Å². The highest BCUT2D eigenvalue weighted by atomic mass is 19.1. The quantitative estimate of drug-likeness (QED) is 0.668. The summed E-state index contributed by atoms with van der Waals surface area (Å²) in [5.41, 5.74) is -6.30. The first-order valence-electron chi connectivity index (χ1n) is 11.3. The number of hydrogen-bond donors (Lipinski definition) is 2. The minimum absolute atomic E-state index is 0.0550. The van der Waals surface area contributed by atoms with Crippen molar-refractivity contribution in [2.24, 2.45) is 22.7 Å². The van der Waals surface area contributed by atoms with Crippen molar-refractivity contribution in [2.75, 3.05) is 6.61 Å². The molecule has 32 heavy (non-hydrogen) atoms. The van der Waals surface area contributed by atoms with Gasteiger partial charge in [-0.1, -0.05) is 13.0 Å². The summed E-state index contributed by atoms with van der Waals surface area (Å²) in [6.45, 7) is 5.87. The van der Waals surface area contributed by atoms with Crippen LogP contribution < -0.4 is 0 Å². The SMILES string of the molecule is CC1(C)O[C@@H]2C[C@H]3[C@@H]4C[C@H](F)C5=CC(=O)C=C[C@]5(C)[C@@]4(F)[C@@H](O)C[C@]3(C)[C@@]2(C(=O)CO)O1. The Kier molecular flexibility index (Phi) is 4.42. The van der Waals surface area contributed by atoms with E-state index in [1.165, 1.54) is 19.1 Å². The number of ether oxygens (including phenoxy) is 2. The molecule has 5 aliphatic rings. The molecule has 6 nitrogen and oxygen atoms in total. The summed E-state index contributed by atoms with van der Waals surface area (Å²) < 4.78 is 44.8. The Morgan fingerprint density at radius 2 is 1.91 bits per heavy atom. The molecule has 1 aliphatic heterocycles.